The third kappa shape index (κ3) is 42.8. The van der Waals surface area contributed by atoms with Crippen LogP contribution in [0.5, 0.6) is 0 Å². The van der Waals surface area contributed by atoms with Gasteiger partial charge in [-0.2, -0.15) is 0 Å². The standard InChI is InChI=1S/C48H90O4/c1-3-5-7-9-11-13-15-16-17-18-19-20-21-22-23-24-26-28-33-37-41-45-48(51)52-46(43-39-35-31-29-32-36-40-44-47(49)50)42-38-34-30-27-25-14-12-10-8-6-4-2/h11,13,16-17,46H,3-10,12,14-15,18-45H2,1-2H3,(H,49,50)/b13-11-,17-16-. The molecule has 0 rings (SSSR count). The van der Waals surface area contributed by atoms with Crippen LogP contribution in [0.15, 0.2) is 24.3 Å². The summed E-state index contributed by atoms with van der Waals surface area (Å²) in [6, 6.07) is 0. The fourth-order valence-corrected chi connectivity index (χ4v) is 7.22. The van der Waals surface area contributed by atoms with Crippen molar-refractivity contribution in [3.8, 4) is 0 Å². The third-order valence-electron chi connectivity index (χ3n) is 10.7. The van der Waals surface area contributed by atoms with E-state index in [2.05, 4.69) is 38.2 Å². The Hall–Kier alpha value is -1.58. The second-order valence-corrected chi connectivity index (χ2v) is 15.9. The number of hydrogen-bond acceptors (Lipinski definition) is 3. The molecule has 0 amide bonds. The molecule has 1 atom stereocenters. The number of aliphatic carboxylic acids is 1. The summed E-state index contributed by atoms with van der Waals surface area (Å²) in [5.74, 6) is -0.659. The van der Waals surface area contributed by atoms with E-state index in [0.717, 1.165) is 57.8 Å². The minimum Gasteiger partial charge on any atom is -0.481 e. The second-order valence-electron chi connectivity index (χ2n) is 15.9. The van der Waals surface area contributed by atoms with Gasteiger partial charge in [0.15, 0.2) is 0 Å². The first-order chi connectivity index (χ1) is 25.6. The summed E-state index contributed by atoms with van der Waals surface area (Å²) in [7, 11) is 0. The topological polar surface area (TPSA) is 63.6 Å². The largest absolute Gasteiger partial charge is 0.481 e. The Morgan fingerprint density at radius 1 is 0.423 bits per heavy atom. The molecule has 0 aromatic carbocycles. The van der Waals surface area contributed by atoms with Crippen molar-refractivity contribution in [1.82, 2.24) is 0 Å². The average Bonchev–Trinajstić information content (AvgIpc) is 3.13. The molecule has 0 aliphatic heterocycles. The smallest absolute Gasteiger partial charge is 0.306 e. The van der Waals surface area contributed by atoms with Gasteiger partial charge in [0.2, 0.25) is 0 Å². The zero-order valence-corrected chi connectivity index (χ0v) is 35.1. The van der Waals surface area contributed by atoms with Crippen molar-refractivity contribution in [2.75, 3.05) is 0 Å². The van der Waals surface area contributed by atoms with Crippen LogP contribution in [0.25, 0.3) is 0 Å². The van der Waals surface area contributed by atoms with Crippen LogP contribution in [0, 0.1) is 0 Å². The van der Waals surface area contributed by atoms with Crippen molar-refractivity contribution in [1.29, 1.82) is 0 Å². The molecule has 1 N–H and O–H groups in total. The van der Waals surface area contributed by atoms with Gasteiger partial charge < -0.3 is 9.84 Å². The van der Waals surface area contributed by atoms with Gasteiger partial charge in [0.05, 0.1) is 0 Å². The van der Waals surface area contributed by atoms with Gasteiger partial charge in [0.25, 0.3) is 0 Å². The van der Waals surface area contributed by atoms with E-state index < -0.39 is 5.97 Å². The van der Waals surface area contributed by atoms with E-state index in [1.807, 2.05) is 0 Å². The zero-order chi connectivity index (χ0) is 37.8. The van der Waals surface area contributed by atoms with Crippen LogP contribution in [-0.2, 0) is 14.3 Å². The highest BCUT2D eigenvalue weighted by molar-refractivity contribution is 5.69. The van der Waals surface area contributed by atoms with E-state index in [-0.39, 0.29) is 12.1 Å². The highest BCUT2D eigenvalue weighted by Crippen LogP contribution is 2.19. The lowest BCUT2D eigenvalue weighted by Crippen LogP contribution is -2.18. The molecule has 0 aromatic rings. The molecule has 1 unspecified atom stereocenters. The lowest BCUT2D eigenvalue weighted by Gasteiger charge is -2.18. The van der Waals surface area contributed by atoms with E-state index in [0.29, 0.717) is 12.8 Å². The summed E-state index contributed by atoms with van der Waals surface area (Å²) in [4.78, 5) is 23.4. The Bertz CT molecular complexity index is 787. The molecule has 0 aliphatic rings. The van der Waals surface area contributed by atoms with E-state index in [1.165, 1.54) is 180 Å². The maximum absolute atomic E-state index is 12.8. The molecule has 0 heterocycles. The molecular formula is C48H90O4. The Kier molecular flexibility index (Phi) is 42.5. The summed E-state index contributed by atoms with van der Waals surface area (Å²) in [5.41, 5.74) is 0. The van der Waals surface area contributed by atoms with Gasteiger partial charge in [0.1, 0.15) is 6.10 Å². The summed E-state index contributed by atoms with van der Waals surface area (Å²) in [6.07, 6.45) is 56.5. The second kappa shape index (κ2) is 43.8. The number of esters is 1. The zero-order valence-electron chi connectivity index (χ0n) is 35.1. The molecule has 0 radical (unpaired) electrons. The van der Waals surface area contributed by atoms with Crippen LogP contribution in [0.1, 0.15) is 264 Å². The maximum atomic E-state index is 12.8. The van der Waals surface area contributed by atoms with Crippen LogP contribution < -0.4 is 0 Å². The number of unbranched alkanes of at least 4 members (excludes halogenated alkanes) is 30. The third-order valence-corrected chi connectivity index (χ3v) is 10.7. The number of rotatable bonds is 43. The SMILES string of the molecule is CCCCC/C=C\C/C=C\CCCCCCCCCCCCCC(=O)OC(CCCCCCCCCCCCC)CCCCCCCCCC(=O)O. The molecule has 4 nitrogen and oxygen atoms in total. The Labute approximate surface area is 325 Å². The number of carboxylic acid groups (broad SMARTS) is 1. The van der Waals surface area contributed by atoms with Crippen LogP contribution in [0.4, 0.5) is 0 Å². The monoisotopic (exact) mass is 731 g/mol. The predicted molar refractivity (Wildman–Crippen MR) is 227 cm³/mol. The Morgan fingerprint density at radius 2 is 0.750 bits per heavy atom. The first-order valence-corrected chi connectivity index (χ1v) is 23.3. The predicted octanol–water partition coefficient (Wildman–Crippen LogP) is 16.3. The number of allylic oxidation sites excluding steroid dienone is 4. The molecule has 4 heteroatoms. The molecule has 0 aliphatic carbocycles. The molecule has 0 fully saturated rings. The van der Waals surface area contributed by atoms with Gasteiger partial charge in [-0.05, 0) is 70.6 Å². The fraction of sp³-hybridized carbons (Fsp3) is 0.875. The summed E-state index contributed by atoms with van der Waals surface area (Å²) >= 11 is 0. The quantitative estimate of drug-likeness (QED) is 0.0385. The number of carbonyl (C=O) groups is 2. The lowest BCUT2D eigenvalue weighted by atomic mass is 10.0. The maximum Gasteiger partial charge on any atom is 0.306 e. The lowest BCUT2D eigenvalue weighted by molar-refractivity contribution is -0.150. The molecule has 52 heavy (non-hydrogen) atoms. The average molecular weight is 731 g/mol. The number of ether oxygens (including phenoxy) is 1. The van der Waals surface area contributed by atoms with Crippen molar-refractivity contribution in [2.24, 2.45) is 0 Å². The van der Waals surface area contributed by atoms with E-state index in [9.17, 15) is 9.59 Å². The highest BCUT2D eigenvalue weighted by Gasteiger charge is 2.14. The minimum atomic E-state index is -0.684. The molecule has 0 saturated carbocycles. The van der Waals surface area contributed by atoms with Crippen LogP contribution >= 0.6 is 0 Å². The first-order valence-electron chi connectivity index (χ1n) is 23.3. The van der Waals surface area contributed by atoms with Gasteiger partial charge in [0, 0.05) is 12.8 Å². The number of carboxylic acids is 1. The van der Waals surface area contributed by atoms with Gasteiger partial charge in [-0.3, -0.25) is 9.59 Å². The van der Waals surface area contributed by atoms with Gasteiger partial charge in [-0.25, -0.2) is 0 Å². The van der Waals surface area contributed by atoms with Crippen molar-refractivity contribution in [3.63, 3.8) is 0 Å². The van der Waals surface area contributed by atoms with Crippen LogP contribution in [0.2, 0.25) is 0 Å². The van der Waals surface area contributed by atoms with E-state index >= 15 is 0 Å². The normalized spacial score (nSPS) is 12.3. The molecule has 0 bridgehead atoms. The molecule has 0 aromatic heterocycles. The van der Waals surface area contributed by atoms with Gasteiger partial charge >= 0.3 is 11.9 Å². The van der Waals surface area contributed by atoms with Crippen molar-refractivity contribution < 1.29 is 19.4 Å². The molecular weight excluding hydrogens is 641 g/mol. The van der Waals surface area contributed by atoms with E-state index in [4.69, 9.17) is 9.84 Å². The van der Waals surface area contributed by atoms with Gasteiger partial charge in [-0.15, -0.1) is 0 Å². The van der Waals surface area contributed by atoms with Crippen molar-refractivity contribution in [3.05, 3.63) is 24.3 Å². The fourth-order valence-electron chi connectivity index (χ4n) is 7.22. The van der Waals surface area contributed by atoms with Crippen molar-refractivity contribution >= 4 is 11.9 Å². The first kappa shape index (κ1) is 50.4. The number of hydrogen-bond donors (Lipinski definition) is 1. The summed E-state index contributed by atoms with van der Waals surface area (Å²) < 4.78 is 6.07. The van der Waals surface area contributed by atoms with E-state index in [1.54, 1.807) is 0 Å². The number of carbonyl (C=O) groups excluding carboxylic acids is 1. The summed E-state index contributed by atoms with van der Waals surface area (Å²) in [5, 5.41) is 8.79. The van der Waals surface area contributed by atoms with Gasteiger partial charge in [-0.1, -0.05) is 205 Å². The Balaban J connectivity index is 3.95. The minimum absolute atomic E-state index is 0.0247. The summed E-state index contributed by atoms with van der Waals surface area (Å²) in [6.45, 7) is 4.54. The molecule has 306 valence electrons. The van der Waals surface area contributed by atoms with Crippen molar-refractivity contribution in [2.45, 2.75) is 270 Å². The molecule has 0 spiro atoms. The van der Waals surface area contributed by atoms with Crippen LogP contribution in [-0.4, -0.2) is 23.1 Å². The highest BCUT2D eigenvalue weighted by atomic mass is 16.5. The molecule has 0 saturated heterocycles. The Morgan fingerprint density at radius 3 is 1.17 bits per heavy atom. The van der Waals surface area contributed by atoms with Crippen LogP contribution in [0.3, 0.4) is 0 Å².